The number of hydrogen-bond donors (Lipinski definition) is 1. The molecule has 0 aromatic rings. The Labute approximate surface area is 225 Å². The van der Waals surface area contributed by atoms with Gasteiger partial charge >= 0.3 is 0 Å². The maximum Gasteiger partial charge on any atom is 0.182 e. The van der Waals surface area contributed by atoms with Crippen molar-refractivity contribution in [3.8, 4) is 0 Å². The van der Waals surface area contributed by atoms with Crippen LogP contribution in [-0.2, 0) is 0 Å². The molecular formula is C33H70OSi. The van der Waals surface area contributed by atoms with Crippen molar-refractivity contribution in [2.24, 2.45) is 0 Å². The van der Waals surface area contributed by atoms with Crippen LogP contribution in [0.2, 0.25) is 19.1 Å². The minimum absolute atomic E-state index is 1.09. The first kappa shape index (κ1) is 35.2. The molecule has 0 saturated carbocycles. The maximum absolute atomic E-state index is 9.86. The highest BCUT2D eigenvalue weighted by molar-refractivity contribution is 6.69. The molecule has 35 heavy (non-hydrogen) atoms. The molecular weight excluding hydrogens is 440 g/mol. The van der Waals surface area contributed by atoms with Gasteiger partial charge in [0.15, 0.2) is 8.32 Å². The summed E-state index contributed by atoms with van der Waals surface area (Å²) in [5, 5.41) is 0. The molecule has 0 aliphatic carbocycles. The van der Waals surface area contributed by atoms with Crippen LogP contribution in [0.15, 0.2) is 0 Å². The van der Waals surface area contributed by atoms with Gasteiger partial charge in [0.25, 0.3) is 0 Å². The number of rotatable bonds is 30. The van der Waals surface area contributed by atoms with Crippen LogP contribution in [0.1, 0.15) is 193 Å². The van der Waals surface area contributed by atoms with Crippen molar-refractivity contribution in [3.63, 3.8) is 0 Å². The van der Waals surface area contributed by atoms with Crippen molar-refractivity contribution >= 4 is 8.32 Å². The van der Waals surface area contributed by atoms with Crippen LogP contribution in [0.3, 0.4) is 0 Å². The molecule has 0 atom stereocenters. The lowest BCUT2D eigenvalue weighted by Crippen LogP contribution is -2.23. The quantitative estimate of drug-likeness (QED) is 0.0752. The van der Waals surface area contributed by atoms with E-state index in [0.717, 1.165) is 6.04 Å². The fourth-order valence-corrected chi connectivity index (χ4v) is 6.52. The molecule has 1 nitrogen and oxygen atoms in total. The third-order valence-corrected chi connectivity index (χ3v) is 9.47. The van der Waals surface area contributed by atoms with E-state index in [4.69, 9.17) is 0 Å². The summed E-state index contributed by atoms with van der Waals surface area (Å²) in [6, 6.07) is 1.09. The average Bonchev–Trinajstić information content (AvgIpc) is 2.82. The predicted molar refractivity (Wildman–Crippen MR) is 164 cm³/mol. The number of hydrogen-bond acceptors (Lipinski definition) is 1. The van der Waals surface area contributed by atoms with E-state index in [0.29, 0.717) is 0 Å². The summed E-state index contributed by atoms with van der Waals surface area (Å²) in [6.45, 7) is 6.43. The molecule has 0 aliphatic rings. The molecule has 0 heterocycles. The minimum Gasteiger partial charge on any atom is -0.432 e. The highest BCUT2D eigenvalue weighted by Gasteiger charge is 2.15. The molecule has 0 aromatic carbocycles. The summed E-state index contributed by atoms with van der Waals surface area (Å²) in [7, 11) is -1.78. The summed E-state index contributed by atoms with van der Waals surface area (Å²) in [5.74, 6) is 0. The molecule has 0 radical (unpaired) electrons. The van der Waals surface area contributed by atoms with Crippen molar-refractivity contribution in [2.75, 3.05) is 0 Å². The molecule has 212 valence electrons. The topological polar surface area (TPSA) is 20.2 Å². The van der Waals surface area contributed by atoms with Crippen LogP contribution in [0, 0.1) is 0 Å². The van der Waals surface area contributed by atoms with Gasteiger partial charge < -0.3 is 4.80 Å². The van der Waals surface area contributed by atoms with E-state index in [1.54, 1.807) is 0 Å². The van der Waals surface area contributed by atoms with E-state index in [1.165, 1.54) is 186 Å². The van der Waals surface area contributed by atoms with Crippen LogP contribution >= 0.6 is 0 Å². The van der Waals surface area contributed by atoms with Gasteiger partial charge in [-0.2, -0.15) is 0 Å². The molecule has 0 saturated heterocycles. The lowest BCUT2D eigenvalue weighted by atomic mass is 10.0. The predicted octanol–water partition coefficient (Wildman–Crippen LogP) is 12.5. The zero-order valence-corrected chi connectivity index (χ0v) is 26.2. The van der Waals surface area contributed by atoms with Crippen LogP contribution in [-0.4, -0.2) is 13.1 Å². The third kappa shape index (κ3) is 34.2. The second-order valence-electron chi connectivity index (χ2n) is 12.5. The zero-order chi connectivity index (χ0) is 25.7. The first-order valence-corrected chi connectivity index (χ1v) is 19.9. The highest BCUT2D eigenvalue weighted by atomic mass is 28.4. The Morgan fingerprint density at radius 3 is 0.657 bits per heavy atom. The number of unbranched alkanes of at least 4 members (excludes halogenated alkanes) is 28. The fourth-order valence-electron chi connectivity index (χ4n) is 5.40. The Hall–Kier alpha value is 0.177. The lowest BCUT2D eigenvalue weighted by molar-refractivity contribution is 0.512. The molecule has 0 bridgehead atoms. The van der Waals surface area contributed by atoms with Crippen LogP contribution in [0.4, 0.5) is 0 Å². The third-order valence-electron chi connectivity index (χ3n) is 7.89. The lowest BCUT2D eigenvalue weighted by Gasteiger charge is -2.12. The largest absolute Gasteiger partial charge is 0.432 e. The minimum atomic E-state index is -1.78. The molecule has 0 unspecified atom stereocenters. The van der Waals surface area contributed by atoms with Crippen molar-refractivity contribution < 1.29 is 4.80 Å². The van der Waals surface area contributed by atoms with Gasteiger partial charge in [-0.25, -0.2) is 0 Å². The summed E-state index contributed by atoms with van der Waals surface area (Å²) < 4.78 is 0. The standard InChI is InChI=1S/C33H70OSi/c1-4-5-6-7-8-9-10-11-12-13-14-15-16-17-18-19-20-21-22-23-24-25-26-27-28-29-30-31-32-33-35(2,3)34/h34H,4-33H2,1-3H3. The van der Waals surface area contributed by atoms with E-state index in [2.05, 4.69) is 20.0 Å². The van der Waals surface area contributed by atoms with E-state index < -0.39 is 8.32 Å². The van der Waals surface area contributed by atoms with Crippen LogP contribution < -0.4 is 0 Å². The summed E-state index contributed by atoms with van der Waals surface area (Å²) in [6.07, 6.45) is 42.1. The Morgan fingerprint density at radius 1 is 0.314 bits per heavy atom. The summed E-state index contributed by atoms with van der Waals surface area (Å²) >= 11 is 0. The van der Waals surface area contributed by atoms with Crippen LogP contribution in [0.5, 0.6) is 0 Å². The van der Waals surface area contributed by atoms with E-state index in [1.807, 2.05) is 0 Å². The SMILES string of the molecule is CCCCCCCCCCCCCCCCCCCCCCCCCCCCCCC[Si](C)(C)O. The van der Waals surface area contributed by atoms with E-state index >= 15 is 0 Å². The second kappa shape index (κ2) is 28.7. The molecule has 0 fully saturated rings. The van der Waals surface area contributed by atoms with Gasteiger partial charge in [-0.3, -0.25) is 0 Å². The molecule has 0 spiro atoms. The van der Waals surface area contributed by atoms with Crippen molar-refractivity contribution in [1.82, 2.24) is 0 Å². The van der Waals surface area contributed by atoms with Gasteiger partial charge in [0.1, 0.15) is 0 Å². The average molecular weight is 511 g/mol. The molecule has 1 N–H and O–H groups in total. The zero-order valence-electron chi connectivity index (χ0n) is 25.2. The van der Waals surface area contributed by atoms with Gasteiger partial charge in [-0.15, -0.1) is 0 Å². The van der Waals surface area contributed by atoms with Crippen LogP contribution in [0.25, 0.3) is 0 Å². The van der Waals surface area contributed by atoms with Crippen molar-refractivity contribution in [3.05, 3.63) is 0 Å². The molecule has 0 rings (SSSR count). The fraction of sp³-hybridized carbons (Fsp3) is 1.00. The van der Waals surface area contributed by atoms with Gasteiger partial charge in [0, 0.05) is 0 Å². The molecule has 0 aromatic heterocycles. The molecule has 2 heteroatoms. The van der Waals surface area contributed by atoms with E-state index in [-0.39, 0.29) is 0 Å². The Morgan fingerprint density at radius 2 is 0.486 bits per heavy atom. The normalized spacial score (nSPS) is 12.0. The Bertz CT molecular complexity index is 376. The summed E-state index contributed by atoms with van der Waals surface area (Å²) in [4.78, 5) is 9.86. The monoisotopic (exact) mass is 511 g/mol. The first-order chi connectivity index (χ1) is 17.1. The summed E-state index contributed by atoms with van der Waals surface area (Å²) in [5.41, 5.74) is 0. The first-order valence-electron chi connectivity index (χ1n) is 16.8. The van der Waals surface area contributed by atoms with Gasteiger partial charge in [0.05, 0.1) is 0 Å². The van der Waals surface area contributed by atoms with Gasteiger partial charge in [-0.05, 0) is 19.1 Å². The van der Waals surface area contributed by atoms with Crippen molar-refractivity contribution in [2.45, 2.75) is 212 Å². The smallest absolute Gasteiger partial charge is 0.182 e. The maximum atomic E-state index is 9.86. The molecule has 0 aliphatic heterocycles. The Balaban J connectivity index is 3.03. The van der Waals surface area contributed by atoms with E-state index in [9.17, 15) is 4.80 Å². The van der Waals surface area contributed by atoms with Gasteiger partial charge in [0.2, 0.25) is 0 Å². The second-order valence-corrected chi connectivity index (χ2v) is 16.6. The molecule has 0 amide bonds. The Kier molecular flexibility index (Phi) is 28.9. The van der Waals surface area contributed by atoms with Gasteiger partial charge in [-0.1, -0.05) is 193 Å². The van der Waals surface area contributed by atoms with Crippen molar-refractivity contribution in [1.29, 1.82) is 0 Å². The highest BCUT2D eigenvalue weighted by Crippen LogP contribution is 2.17.